The first-order valence-electron chi connectivity index (χ1n) is 8.55. The van der Waals surface area contributed by atoms with Crippen molar-refractivity contribution in [2.24, 2.45) is 0 Å². The molecule has 0 saturated heterocycles. The molecule has 0 fully saturated rings. The van der Waals surface area contributed by atoms with Gasteiger partial charge in [-0.2, -0.15) is 0 Å². The molecule has 0 saturated carbocycles. The summed E-state index contributed by atoms with van der Waals surface area (Å²) in [6.45, 7) is 8.46. The Morgan fingerprint density at radius 3 is 2.22 bits per heavy atom. The summed E-state index contributed by atoms with van der Waals surface area (Å²) in [4.78, 5) is 35.0. The van der Waals surface area contributed by atoms with Crippen LogP contribution in [0.5, 0.6) is 0 Å². The van der Waals surface area contributed by atoms with E-state index in [4.69, 9.17) is 19.8 Å². The van der Waals surface area contributed by atoms with E-state index in [0.29, 0.717) is 6.54 Å². The molecule has 1 aromatic heterocycles. The maximum atomic E-state index is 12.1. The van der Waals surface area contributed by atoms with Crippen molar-refractivity contribution in [3.8, 4) is 0 Å². The molecule has 0 bridgehead atoms. The zero-order valence-electron chi connectivity index (χ0n) is 15.9. The third kappa shape index (κ3) is 6.67. The largest absolute Gasteiger partial charge is 0.473 e. The molecule has 0 aliphatic rings. The van der Waals surface area contributed by atoms with Gasteiger partial charge in [0, 0.05) is 17.1 Å². The number of rotatable bonds is 5. The zero-order chi connectivity index (χ0) is 20.6. The summed E-state index contributed by atoms with van der Waals surface area (Å²) in [5, 5.41) is 21.9. The number of pyridine rings is 1. The first kappa shape index (κ1) is 22.0. The molecule has 0 atom stereocenters. The quantitative estimate of drug-likeness (QED) is 0.590. The average Bonchev–Trinajstić information content (AvgIpc) is 2.62. The van der Waals surface area contributed by atoms with Gasteiger partial charge in [-0.15, -0.1) is 0 Å². The summed E-state index contributed by atoms with van der Waals surface area (Å²) in [6, 6.07) is 8.21. The van der Waals surface area contributed by atoms with Crippen LogP contribution in [-0.2, 0) is 20.8 Å². The molecule has 0 unspecified atom stereocenters. The number of carboxylic acid groups (broad SMARTS) is 2. The summed E-state index contributed by atoms with van der Waals surface area (Å²) in [5.74, 6) is -3.67. The summed E-state index contributed by atoms with van der Waals surface area (Å²) in [5.41, 5.74) is 3.88. The van der Waals surface area contributed by atoms with Gasteiger partial charge in [-0.1, -0.05) is 39.0 Å². The molecule has 1 aromatic carbocycles. The van der Waals surface area contributed by atoms with E-state index in [2.05, 4.69) is 22.5 Å². The number of hydrogen-bond acceptors (Lipinski definition) is 5. The Bertz CT molecular complexity index is 821. The van der Waals surface area contributed by atoms with Crippen LogP contribution in [-0.4, -0.2) is 45.6 Å². The van der Waals surface area contributed by atoms with Gasteiger partial charge in [0.05, 0.1) is 17.7 Å². The van der Waals surface area contributed by atoms with Crippen LogP contribution >= 0.6 is 0 Å². The number of benzene rings is 1. The Morgan fingerprint density at radius 1 is 1.11 bits per heavy atom. The molecule has 4 N–H and O–H groups in total. The number of carboxylic acids is 2. The second-order valence-corrected chi connectivity index (χ2v) is 6.12. The molecule has 1 amide bonds. The minimum Gasteiger partial charge on any atom is -0.473 e. The molecule has 8 nitrogen and oxygen atoms in total. The van der Waals surface area contributed by atoms with Crippen LogP contribution in [0.1, 0.15) is 32.0 Å². The van der Waals surface area contributed by atoms with Crippen molar-refractivity contribution in [1.82, 2.24) is 10.3 Å². The van der Waals surface area contributed by atoms with Crippen LogP contribution in [0.2, 0.25) is 0 Å². The van der Waals surface area contributed by atoms with E-state index in [-0.39, 0.29) is 11.9 Å². The Balaban J connectivity index is 0.000000527. The van der Waals surface area contributed by atoms with Gasteiger partial charge in [0.1, 0.15) is 0 Å². The fraction of sp³-hybridized carbons (Fsp3) is 0.368. The van der Waals surface area contributed by atoms with Crippen LogP contribution in [0.3, 0.4) is 0 Å². The summed E-state index contributed by atoms with van der Waals surface area (Å²) in [6.07, 6.45) is 0.851. The monoisotopic (exact) mass is 375 g/mol. The third-order valence-electron chi connectivity index (χ3n) is 3.69. The minimum atomic E-state index is -1.82. The van der Waals surface area contributed by atoms with Gasteiger partial charge in [-0.05, 0) is 25.0 Å². The highest BCUT2D eigenvalue weighted by molar-refractivity contribution is 6.27. The van der Waals surface area contributed by atoms with Crippen LogP contribution in [0, 0.1) is 6.92 Å². The topological polar surface area (TPSA) is 129 Å². The van der Waals surface area contributed by atoms with E-state index in [1.807, 2.05) is 45.0 Å². The highest BCUT2D eigenvalue weighted by Gasteiger charge is 2.13. The SMILES string of the molecule is CCc1nc2ccccc2c(NC(=O)CNC(C)C)c1C.O=C(O)C(=O)O. The molecule has 0 aliphatic carbocycles. The number of aromatic nitrogens is 1. The number of fused-ring (bicyclic) bond motifs is 1. The van der Waals surface area contributed by atoms with Crippen molar-refractivity contribution in [2.75, 3.05) is 11.9 Å². The number of amides is 1. The van der Waals surface area contributed by atoms with E-state index in [9.17, 15) is 4.79 Å². The van der Waals surface area contributed by atoms with Gasteiger partial charge in [0.15, 0.2) is 0 Å². The lowest BCUT2D eigenvalue weighted by molar-refractivity contribution is -0.159. The van der Waals surface area contributed by atoms with Gasteiger partial charge in [0.2, 0.25) is 5.91 Å². The highest BCUT2D eigenvalue weighted by atomic mass is 16.4. The van der Waals surface area contributed by atoms with Crippen molar-refractivity contribution in [3.05, 3.63) is 35.5 Å². The van der Waals surface area contributed by atoms with Crippen LogP contribution in [0.4, 0.5) is 5.69 Å². The Labute approximate surface area is 157 Å². The number of nitrogens with zero attached hydrogens (tertiary/aromatic N) is 1. The van der Waals surface area contributed by atoms with Crippen molar-refractivity contribution in [1.29, 1.82) is 0 Å². The Hall–Kier alpha value is -3.00. The van der Waals surface area contributed by atoms with E-state index >= 15 is 0 Å². The number of hydrogen-bond donors (Lipinski definition) is 4. The van der Waals surface area contributed by atoms with E-state index in [0.717, 1.165) is 34.3 Å². The van der Waals surface area contributed by atoms with Gasteiger partial charge in [-0.25, -0.2) is 9.59 Å². The predicted octanol–water partition coefficient (Wildman–Crippen LogP) is 2.20. The van der Waals surface area contributed by atoms with E-state index in [1.54, 1.807) is 0 Å². The van der Waals surface area contributed by atoms with Gasteiger partial charge in [-0.3, -0.25) is 9.78 Å². The van der Waals surface area contributed by atoms with Gasteiger partial charge < -0.3 is 20.8 Å². The second kappa shape index (κ2) is 10.2. The van der Waals surface area contributed by atoms with Crippen LogP contribution in [0.25, 0.3) is 10.9 Å². The molecule has 27 heavy (non-hydrogen) atoms. The van der Waals surface area contributed by atoms with Gasteiger partial charge >= 0.3 is 11.9 Å². The molecule has 0 radical (unpaired) electrons. The fourth-order valence-corrected chi connectivity index (χ4v) is 2.34. The van der Waals surface area contributed by atoms with E-state index in [1.165, 1.54) is 0 Å². The third-order valence-corrected chi connectivity index (χ3v) is 3.69. The molecule has 8 heteroatoms. The number of aliphatic carboxylic acids is 2. The number of para-hydroxylation sites is 1. The summed E-state index contributed by atoms with van der Waals surface area (Å²) >= 11 is 0. The molecule has 2 rings (SSSR count). The van der Waals surface area contributed by atoms with Crippen molar-refractivity contribution < 1.29 is 24.6 Å². The Kier molecular flexibility index (Phi) is 8.34. The summed E-state index contributed by atoms with van der Waals surface area (Å²) in [7, 11) is 0. The van der Waals surface area contributed by atoms with Crippen molar-refractivity contribution in [2.45, 2.75) is 40.2 Å². The zero-order valence-corrected chi connectivity index (χ0v) is 15.9. The lowest BCUT2D eigenvalue weighted by Gasteiger charge is -2.15. The van der Waals surface area contributed by atoms with Crippen molar-refractivity contribution in [3.63, 3.8) is 0 Å². The molecule has 146 valence electrons. The van der Waals surface area contributed by atoms with Gasteiger partial charge in [0.25, 0.3) is 0 Å². The number of carbonyl (C=O) groups excluding carboxylic acids is 1. The number of nitrogens with one attached hydrogen (secondary N) is 2. The molecule has 1 heterocycles. The molecule has 0 spiro atoms. The molecule has 0 aliphatic heterocycles. The van der Waals surface area contributed by atoms with Crippen LogP contribution < -0.4 is 10.6 Å². The predicted molar refractivity (Wildman–Crippen MR) is 103 cm³/mol. The number of aryl methyl sites for hydroxylation is 1. The maximum Gasteiger partial charge on any atom is 0.414 e. The smallest absolute Gasteiger partial charge is 0.414 e. The Morgan fingerprint density at radius 2 is 1.70 bits per heavy atom. The lowest BCUT2D eigenvalue weighted by Crippen LogP contribution is -2.32. The maximum absolute atomic E-state index is 12.1. The molecule has 2 aromatic rings. The van der Waals surface area contributed by atoms with Crippen LogP contribution in [0.15, 0.2) is 24.3 Å². The van der Waals surface area contributed by atoms with E-state index < -0.39 is 11.9 Å². The summed E-state index contributed by atoms with van der Waals surface area (Å²) < 4.78 is 0. The molecular weight excluding hydrogens is 350 g/mol. The highest BCUT2D eigenvalue weighted by Crippen LogP contribution is 2.28. The average molecular weight is 375 g/mol. The standard InChI is InChI=1S/C17H23N3O.C2H2O4/c1-5-14-12(4)17(20-16(21)10-18-11(2)3)13-8-6-7-9-15(13)19-14;3-1(4)2(5)6/h6-9,11,18H,5,10H2,1-4H3,(H,19,20,21);(H,3,4)(H,5,6). The number of carbonyl (C=O) groups is 3. The first-order chi connectivity index (χ1) is 12.7. The number of anilines is 1. The molecular formula is C19H25N3O5. The minimum absolute atomic E-state index is 0.0230. The fourth-order valence-electron chi connectivity index (χ4n) is 2.34. The lowest BCUT2D eigenvalue weighted by atomic mass is 10.1. The second-order valence-electron chi connectivity index (χ2n) is 6.12. The normalized spacial score (nSPS) is 10.3. The first-order valence-corrected chi connectivity index (χ1v) is 8.55. The van der Waals surface area contributed by atoms with Crippen molar-refractivity contribution >= 4 is 34.4 Å².